The molecule has 0 saturated carbocycles. The first kappa shape index (κ1) is 33.9. The number of halogens is 1. The van der Waals surface area contributed by atoms with Crippen molar-refractivity contribution in [3.05, 3.63) is 122 Å². The van der Waals surface area contributed by atoms with E-state index in [1.165, 1.54) is 35.1 Å². The van der Waals surface area contributed by atoms with Gasteiger partial charge in [-0.2, -0.15) is 0 Å². The summed E-state index contributed by atoms with van der Waals surface area (Å²) in [5.41, 5.74) is 2.26. The second-order valence-corrected chi connectivity index (χ2v) is 13.0. The van der Waals surface area contributed by atoms with Crippen LogP contribution < -0.4 is 29.1 Å². The Morgan fingerprint density at radius 2 is 1.87 bits per heavy atom. The van der Waals surface area contributed by atoms with Gasteiger partial charge in [-0.3, -0.25) is 19.5 Å². The molecule has 0 amide bonds. The van der Waals surface area contributed by atoms with Crippen molar-refractivity contribution in [2.24, 2.45) is 4.99 Å². The van der Waals surface area contributed by atoms with Gasteiger partial charge in [0.2, 0.25) is 0 Å². The van der Waals surface area contributed by atoms with Gasteiger partial charge in [-0.15, -0.1) is 0 Å². The number of allylic oxidation sites excluding steroid dienone is 1. The summed E-state index contributed by atoms with van der Waals surface area (Å²) in [5, 5.41) is 11.1. The second-order valence-electron chi connectivity index (χ2n) is 10.7. The standard InChI is InChI=1S/C34H32IN3O8S/c1-6-44-33(40)29-20(4)36-34-37(30(29)25-9-7-8-10-26(25)46-19(2)3)32(39)28(47-34)16-22-15-23(35)17-27(43-5)31(22)45-18-21-11-13-24(14-12-21)38(41)42/h7-17,19,30H,6,18H2,1-5H3/b28-16-/t30-/m1/s1. The number of benzene rings is 3. The largest absolute Gasteiger partial charge is 0.493 e. The fourth-order valence-corrected chi connectivity index (χ4v) is 6.82. The molecule has 0 aliphatic carbocycles. The number of nitrogens with zero attached hydrogens (tertiary/aromatic N) is 3. The van der Waals surface area contributed by atoms with Crippen LogP contribution in [0.1, 0.15) is 50.4 Å². The van der Waals surface area contributed by atoms with E-state index in [2.05, 4.69) is 27.6 Å². The Kier molecular flexibility index (Phi) is 10.4. The third kappa shape index (κ3) is 7.25. The van der Waals surface area contributed by atoms with Crippen molar-refractivity contribution in [1.29, 1.82) is 0 Å². The van der Waals surface area contributed by atoms with Crippen LogP contribution in [0.15, 0.2) is 81.7 Å². The Hall–Kier alpha value is -4.50. The van der Waals surface area contributed by atoms with E-state index >= 15 is 0 Å². The zero-order valence-electron chi connectivity index (χ0n) is 26.3. The molecule has 1 atom stereocenters. The second kappa shape index (κ2) is 14.5. The van der Waals surface area contributed by atoms with E-state index in [-0.39, 0.29) is 36.1 Å². The summed E-state index contributed by atoms with van der Waals surface area (Å²) in [5.74, 6) is 0.836. The summed E-state index contributed by atoms with van der Waals surface area (Å²) in [6.07, 6.45) is 1.57. The predicted octanol–water partition coefficient (Wildman–Crippen LogP) is 5.69. The van der Waals surface area contributed by atoms with E-state index in [1.54, 1.807) is 32.1 Å². The minimum Gasteiger partial charge on any atom is -0.493 e. The molecule has 0 radical (unpaired) electrons. The number of thiazole rings is 1. The molecule has 13 heteroatoms. The summed E-state index contributed by atoms with van der Waals surface area (Å²) in [6, 6.07) is 16.2. The van der Waals surface area contributed by atoms with Gasteiger partial charge in [-0.05, 0) is 92.3 Å². The van der Waals surface area contributed by atoms with E-state index in [1.807, 2.05) is 50.2 Å². The lowest BCUT2D eigenvalue weighted by atomic mass is 9.95. The van der Waals surface area contributed by atoms with Crippen LogP contribution in [0.2, 0.25) is 0 Å². The minimum atomic E-state index is -0.842. The van der Waals surface area contributed by atoms with E-state index in [0.717, 1.165) is 3.57 Å². The zero-order chi connectivity index (χ0) is 33.8. The van der Waals surface area contributed by atoms with Crippen molar-refractivity contribution in [2.45, 2.75) is 46.4 Å². The van der Waals surface area contributed by atoms with Crippen LogP contribution in [-0.4, -0.2) is 35.3 Å². The number of para-hydroxylation sites is 1. The number of rotatable bonds is 11. The molecule has 0 N–H and O–H groups in total. The SMILES string of the molecule is CCOC(=O)C1=C(C)N=c2s/c(=C\c3cc(I)cc(OC)c3OCc3ccc([N+](=O)[O-])cc3)c(=O)n2[C@@H]1c1ccccc1OC(C)C. The number of aromatic nitrogens is 1. The summed E-state index contributed by atoms with van der Waals surface area (Å²) < 4.78 is 26.1. The van der Waals surface area contributed by atoms with Crippen molar-refractivity contribution in [2.75, 3.05) is 13.7 Å². The number of esters is 1. The number of hydrogen-bond acceptors (Lipinski definition) is 10. The van der Waals surface area contributed by atoms with Crippen molar-refractivity contribution in [3.63, 3.8) is 0 Å². The van der Waals surface area contributed by atoms with E-state index in [0.29, 0.717) is 49.0 Å². The molecule has 0 unspecified atom stereocenters. The number of hydrogen-bond donors (Lipinski definition) is 0. The Labute approximate surface area is 288 Å². The van der Waals surface area contributed by atoms with Gasteiger partial charge in [-0.25, -0.2) is 9.79 Å². The highest BCUT2D eigenvalue weighted by Crippen LogP contribution is 2.37. The molecule has 47 heavy (non-hydrogen) atoms. The Balaban J connectivity index is 1.66. The highest BCUT2D eigenvalue weighted by atomic mass is 127. The number of ether oxygens (including phenoxy) is 4. The summed E-state index contributed by atoms with van der Waals surface area (Å²) in [7, 11) is 1.53. The average molecular weight is 770 g/mol. The first-order valence-electron chi connectivity index (χ1n) is 14.7. The number of nitro benzene ring substituents is 1. The molecule has 1 aliphatic heterocycles. The first-order chi connectivity index (χ1) is 22.5. The van der Waals surface area contributed by atoms with Crippen molar-refractivity contribution in [1.82, 2.24) is 4.57 Å². The molecule has 4 aromatic rings. The Bertz CT molecular complexity index is 2050. The quantitative estimate of drug-likeness (QED) is 0.0824. The van der Waals surface area contributed by atoms with Crippen molar-refractivity contribution < 1.29 is 28.7 Å². The van der Waals surface area contributed by atoms with Crippen LogP contribution in [0, 0.1) is 13.7 Å². The van der Waals surface area contributed by atoms with Gasteiger partial charge < -0.3 is 18.9 Å². The third-order valence-electron chi connectivity index (χ3n) is 7.18. The molecule has 0 fully saturated rings. The number of carbonyl (C=O) groups excluding carboxylic acids is 1. The van der Waals surface area contributed by atoms with Gasteiger partial charge in [0, 0.05) is 26.8 Å². The zero-order valence-corrected chi connectivity index (χ0v) is 29.3. The monoisotopic (exact) mass is 769 g/mol. The first-order valence-corrected chi connectivity index (χ1v) is 16.6. The smallest absolute Gasteiger partial charge is 0.338 e. The molecule has 0 saturated heterocycles. The summed E-state index contributed by atoms with van der Waals surface area (Å²) in [4.78, 5) is 43.4. The Morgan fingerprint density at radius 1 is 1.15 bits per heavy atom. The molecular formula is C34H32IN3O8S. The predicted molar refractivity (Wildman–Crippen MR) is 186 cm³/mol. The molecule has 1 aromatic heterocycles. The lowest BCUT2D eigenvalue weighted by Gasteiger charge is -2.26. The van der Waals surface area contributed by atoms with E-state index in [9.17, 15) is 19.7 Å². The maximum atomic E-state index is 14.3. The fraction of sp³-hybridized carbons (Fsp3) is 0.265. The van der Waals surface area contributed by atoms with Gasteiger partial charge in [0.15, 0.2) is 16.3 Å². The minimum absolute atomic E-state index is 0.0188. The molecule has 1 aliphatic rings. The van der Waals surface area contributed by atoms with Gasteiger partial charge >= 0.3 is 5.97 Å². The van der Waals surface area contributed by atoms with E-state index < -0.39 is 16.9 Å². The number of fused-ring (bicyclic) bond motifs is 1. The highest BCUT2D eigenvalue weighted by molar-refractivity contribution is 14.1. The Morgan fingerprint density at radius 3 is 2.53 bits per heavy atom. The van der Waals surface area contributed by atoms with Crippen LogP contribution >= 0.6 is 33.9 Å². The fourth-order valence-electron chi connectivity index (χ4n) is 5.17. The maximum Gasteiger partial charge on any atom is 0.338 e. The van der Waals surface area contributed by atoms with Crippen LogP contribution in [0.3, 0.4) is 0 Å². The third-order valence-corrected chi connectivity index (χ3v) is 8.78. The molecule has 11 nitrogen and oxygen atoms in total. The molecule has 2 heterocycles. The molecule has 5 rings (SSSR count). The lowest BCUT2D eigenvalue weighted by molar-refractivity contribution is -0.384. The number of nitro groups is 1. The normalized spacial score (nSPS) is 14.4. The number of carbonyl (C=O) groups is 1. The topological polar surface area (TPSA) is 131 Å². The maximum absolute atomic E-state index is 14.3. The summed E-state index contributed by atoms with van der Waals surface area (Å²) in [6.45, 7) is 7.54. The van der Waals surface area contributed by atoms with E-state index in [4.69, 9.17) is 18.9 Å². The van der Waals surface area contributed by atoms with Crippen LogP contribution in [0.5, 0.6) is 17.2 Å². The molecule has 0 bridgehead atoms. The highest BCUT2D eigenvalue weighted by Gasteiger charge is 2.35. The van der Waals surface area contributed by atoms with Crippen LogP contribution in [0.4, 0.5) is 5.69 Å². The molecule has 0 spiro atoms. The molecule has 3 aromatic carbocycles. The van der Waals surface area contributed by atoms with Crippen molar-refractivity contribution in [3.8, 4) is 17.2 Å². The summed E-state index contributed by atoms with van der Waals surface area (Å²) >= 11 is 3.35. The number of methoxy groups -OCH3 is 1. The van der Waals surface area contributed by atoms with Crippen molar-refractivity contribution >= 4 is 51.7 Å². The molecular weight excluding hydrogens is 737 g/mol. The van der Waals surface area contributed by atoms with Gasteiger partial charge in [0.25, 0.3) is 11.2 Å². The van der Waals surface area contributed by atoms with Gasteiger partial charge in [-0.1, -0.05) is 29.5 Å². The van der Waals surface area contributed by atoms with Crippen LogP contribution in [-0.2, 0) is 16.1 Å². The van der Waals surface area contributed by atoms with Gasteiger partial charge in [0.1, 0.15) is 18.4 Å². The van der Waals surface area contributed by atoms with Gasteiger partial charge in [0.05, 0.1) is 40.5 Å². The lowest BCUT2D eigenvalue weighted by Crippen LogP contribution is -2.40. The van der Waals surface area contributed by atoms with Crippen LogP contribution in [0.25, 0.3) is 6.08 Å². The number of non-ortho nitro benzene ring substituents is 1. The molecule has 244 valence electrons. The average Bonchev–Trinajstić information content (AvgIpc) is 3.33.